The van der Waals surface area contributed by atoms with Crippen molar-refractivity contribution >= 4 is 32.2 Å². The predicted molar refractivity (Wildman–Crippen MR) is 126 cm³/mol. The average Bonchev–Trinajstić information content (AvgIpc) is 3.30. The van der Waals surface area contributed by atoms with Crippen LogP contribution in [0, 0.1) is 17.7 Å². The molecular formula is C22H27FN4O5S2. The van der Waals surface area contributed by atoms with Crippen LogP contribution in [0.2, 0.25) is 0 Å². The van der Waals surface area contributed by atoms with E-state index in [0.29, 0.717) is 28.8 Å². The largest absolute Gasteiger partial charge is 0.466 e. The highest BCUT2D eigenvalue weighted by atomic mass is 32.2. The second-order valence-electron chi connectivity index (χ2n) is 9.03. The van der Waals surface area contributed by atoms with Gasteiger partial charge in [-0.1, -0.05) is 13.8 Å². The number of fused-ring (bicyclic) bond motifs is 1. The number of benzene rings is 1. The maximum Gasteiger partial charge on any atom is 0.407 e. The number of aromatic nitrogens is 3. The summed E-state index contributed by atoms with van der Waals surface area (Å²) in [5.41, 5.74) is 0.530. The van der Waals surface area contributed by atoms with Gasteiger partial charge in [0.2, 0.25) is 4.96 Å². The molecule has 1 amide bonds. The van der Waals surface area contributed by atoms with Crippen molar-refractivity contribution in [2.75, 3.05) is 12.8 Å². The van der Waals surface area contributed by atoms with Crippen LogP contribution in [0.1, 0.15) is 33.6 Å². The molecule has 184 valence electrons. The van der Waals surface area contributed by atoms with Gasteiger partial charge in [-0.15, -0.1) is 5.10 Å². The van der Waals surface area contributed by atoms with Gasteiger partial charge in [0.05, 0.1) is 16.8 Å². The number of nitrogens with zero attached hydrogens (tertiary/aromatic N) is 4. The Morgan fingerprint density at radius 1 is 1.32 bits per heavy atom. The number of likely N-dealkylation sites (tertiary alicyclic amines) is 1. The van der Waals surface area contributed by atoms with Gasteiger partial charge >= 0.3 is 6.09 Å². The number of rotatable bonds is 6. The highest BCUT2D eigenvalue weighted by Gasteiger charge is 2.36. The van der Waals surface area contributed by atoms with E-state index in [9.17, 15) is 22.7 Å². The SMILES string of the molecule is CC(C)C1CC([C@H](C)Oc2nn3cc(-c4ccc(S(C)(=O)=O)cc4F)nc3s2)CCN1C(=O)O. The summed E-state index contributed by atoms with van der Waals surface area (Å²) in [6.45, 7) is 6.50. The summed E-state index contributed by atoms with van der Waals surface area (Å²) in [5.74, 6) is -0.275. The number of amides is 1. The Morgan fingerprint density at radius 2 is 2.06 bits per heavy atom. The van der Waals surface area contributed by atoms with E-state index in [0.717, 1.165) is 18.7 Å². The number of carbonyl (C=O) groups is 1. The van der Waals surface area contributed by atoms with Crippen molar-refractivity contribution in [2.24, 2.45) is 11.8 Å². The van der Waals surface area contributed by atoms with Crippen molar-refractivity contribution in [2.45, 2.75) is 50.7 Å². The van der Waals surface area contributed by atoms with E-state index < -0.39 is 21.7 Å². The minimum atomic E-state index is -3.50. The molecule has 9 nitrogen and oxygen atoms in total. The van der Waals surface area contributed by atoms with E-state index >= 15 is 0 Å². The Morgan fingerprint density at radius 3 is 2.65 bits per heavy atom. The fraction of sp³-hybridized carbons (Fsp3) is 0.500. The van der Waals surface area contributed by atoms with Crippen LogP contribution in [-0.2, 0) is 9.84 Å². The van der Waals surface area contributed by atoms with Crippen molar-refractivity contribution in [3.63, 3.8) is 0 Å². The molecule has 0 aliphatic carbocycles. The van der Waals surface area contributed by atoms with Crippen molar-refractivity contribution in [3.05, 3.63) is 30.2 Å². The van der Waals surface area contributed by atoms with Crippen LogP contribution in [0.5, 0.6) is 5.19 Å². The smallest absolute Gasteiger partial charge is 0.407 e. The monoisotopic (exact) mass is 510 g/mol. The zero-order chi connectivity index (χ0) is 24.8. The molecule has 0 saturated carbocycles. The topological polar surface area (TPSA) is 114 Å². The molecule has 12 heteroatoms. The third-order valence-electron chi connectivity index (χ3n) is 6.32. The van der Waals surface area contributed by atoms with Gasteiger partial charge in [0, 0.05) is 24.4 Å². The Balaban J connectivity index is 1.48. The number of ether oxygens (including phenoxy) is 1. The molecule has 34 heavy (non-hydrogen) atoms. The normalized spacial score (nSPS) is 20.1. The molecule has 2 aromatic heterocycles. The first-order valence-electron chi connectivity index (χ1n) is 11.0. The predicted octanol–water partition coefficient (Wildman–Crippen LogP) is 4.18. The molecule has 1 aliphatic heterocycles. The molecule has 3 aromatic rings. The van der Waals surface area contributed by atoms with Crippen molar-refractivity contribution in [1.29, 1.82) is 0 Å². The summed E-state index contributed by atoms with van der Waals surface area (Å²) in [5, 5.41) is 14.3. The third-order valence-corrected chi connectivity index (χ3v) is 8.24. The van der Waals surface area contributed by atoms with E-state index in [1.54, 1.807) is 6.20 Å². The molecule has 3 heterocycles. The van der Waals surface area contributed by atoms with Crippen LogP contribution < -0.4 is 4.74 Å². The number of sulfone groups is 1. The van der Waals surface area contributed by atoms with Crippen molar-refractivity contribution < 1.29 is 27.4 Å². The summed E-state index contributed by atoms with van der Waals surface area (Å²) in [6, 6.07) is 3.68. The van der Waals surface area contributed by atoms with Crippen LogP contribution in [0.15, 0.2) is 29.3 Å². The van der Waals surface area contributed by atoms with E-state index in [1.807, 2.05) is 20.8 Å². The Hall–Kier alpha value is -2.73. The number of piperidine rings is 1. The van der Waals surface area contributed by atoms with Crippen LogP contribution in [0.4, 0.5) is 9.18 Å². The number of carboxylic acid groups (broad SMARTS) is 1. The minimum Gasteiger partial charge on any atom is -0.466 e. The molecule has 3 atom stereocenters. The van der Waals surface area contributed by atoms with E-state index in [1.165, 1.54) is 32.9 Å². The highest BCUT2D eigenvalue weighted by molar-refractivity contribution is 7.90. The van der Waals surface area contributed by atoms with Gasteiger partial charge in [0.25, 0.3) is 5.19 Å². The molecule has 4 rings (SSSR count). The molecule has 0 spiro atoms. The minimum absolute atomic E-state index is 0.0533. The maximum absolute atomic E-state index is 14.5. The Kier molecular flexibility index (Phi) is 6.56. The first kappa shape index (κ1) is 24.4. The van der Waals surface area contributed by atoms with Gasteiger partial charge in [0.15, 0.2) is 9.84 Å². The van der Waals surface area contributed by atoms with E-state index in [-0.39, 0.29) is 34.4 Å². The van der Waals surface area contributed by atoms with Gasteiger partial charge in [0.1, 0.15) is 11.9 Å². The van der Waals surface area contributed by atoms with Gasteiger partial charge < -0.3 is 14.7 Å². The molecular weight excluding hydrogens is 483 g/mol. The van der Waals surface area contributed by atoms with Gasteiger partial charge in [-0.25, -0.2) is 27.1 Å². The maximum atomic E-state index is 14.5. The van der Waals surface area contributed by atoms with Gasteiger partial charge in [-0.05, 0) is 61.1 Å². The number of hydrogen-bond acceptors (Lipinski definition) is 7. The lowest BCUT2D eigenvalue weighted by Gasteiger charge is -2.41. The van der Waals surface area contributed by atoms with Gasteiger partial charge in [-0.3, -0.25) is 0 Å². The first-order chi connectivity index (χ1) is 15.9. The van der Waals surface area contributed by atoms with E-state index in [4.69, 9.17) is 4.74 Å². The number of halogens is 1. The van der Waals surface area contributed by atoms with Gasteiger partial charge in [-0.2, -0.15) is 0 Å². The zero-order valence-corrected chi connectivity index (χ0v) is 20.9. The second kappa shape index (κ2) is 9.14. The highest BCUT2D eigenvalue weighted by Crippen LogP contribution is 2.33. The van der Waals surface area contributed by atoms with Crippen LogP contribution in [0.25, 0.3) is 16.2 Å². The van der Waals surface area contributed by atoms with Crippen LogP contribution in [-0.4, -0.2) is 64.1 Å². The van der Waals surface area contributed by atoms with Crippen LogP contribution >= 0.6 is 11.3 Å². The van der Waals surface area contributed by atoms with Crippen LogP contribution in [0.3, 0.4) is 0 Å². The van der Waals surface area contributed by atoms with Crippen molar-refractivity contribution in [3.8, 4) is 16.5 Å². The average molecular weight is 511 g/mol. The standard InChI is InChI=1S/C22H27FN4O5S2/c1-12(2)19-9-14(7-8-26(19)22(28)29)13(3)32-21-25-27-11-18(24-20(27)33-21)16-6-5-15(10-17(16)23)34(4,30)31/h5-6,10-14,19H,7-9H2,1-4H3,(H,28,29)/t13-,14?,19?/m0/s1. The third kappa shape index (κ3) is 4.88. The molecule has 0 bridgehead atoms. The fourth-order valence-corrected chi connectivity index (χ4v) is 5.82. The quantitative estimate of drug-likeness (QED) is 0.529. The lowest BCUT2D eigenvalue weighted by atomic mass is 9.83. The summed E-state index contributed by atoms with van der Waals surface area (Å²) in [7, 11) is -3.50. The summed E-state index contributed by atoms with van der Waals surface area (Å²) < 4.78 is 45.4. The number of hydrogen-bond donors (Lipinski definition) is 1. The second-order valence-corrected chi connectivity index (χ2v) is 12.0. The molecule has 1 fully saturated rings. The zero-order valence-electron chi connectivity index (χ0n) is 19.3. The number of imidazole rings is 1. The molecule has 0 radical (unpaired) electrons. The summed E-state index contributed by atoms with van der Waals surface area (Å²) >= 11 is 1.23. The lowest BCUT2D eigenvalue weighted by molar-refractivity contribution is 0.0353. The molecule has 2 unspecified atom stereocenters. The molecule has 1 aliphatic rings. The summed E-state index contributed by atoms with van der Waals surface area (Å²) in [6.07, 6.45) is 2.99. The molecule has 1 saturated heterocycles. The summed E-state index contributed by atoms with van der Waals surface area (Å²) in [4.78, 5) is 17.9. The van der Waals surface area contributed by atoms with Crippen molar-refractivity contribution in [1.82, 2.24) is 19.5 Å². The fourth-order valence-electron chi connectivity index (χ4n) is 4.37. The first-order valence-corrected chi connectivity index (χ1v) is 13.7. The molecule has 1 aromatic carbocycles. The molecule has 1 N–H and O–H groups in total. The lowest BCUT2D eigenvalue weighted by Crippen LogP contribution is -2.50. The Bertz CT molecular complexity index is 1290. The van der Waals surface area contributed by atoms with E-state index in [2.05, 4.69) is 10.1 Å². The Labute approximate surface area is 201 Å².